The Hall–Kier alpha value is -3.83. The van der Waals surface area contributed by atoms with E-state index in [-0.39, 0.29) is 17.4 Å². The summed E-state index contributed by atoms with van der Waals surface area (Å²) in [5, 5.41) is 7.83. The second-order valence-corrected chi connectivity index (χ2v) is 7.51. The molecule has 0 unspecified atom stereocenters. The molecule has 1 aliphatic rings. The number of nitrogens with zero attached hydrogens (tertiary/aromatic N) is 2. The van der Waals surface area contributed by atoms with Crippen molar-refractivity contribution in [3.63, 3.8) is 0 Å². The lowest BCUT2D eigenvalue weighted by Crippen LogP contribution is -2.19. The third-order valence-electron chi connectivity index (χ3n) is 5.12. The minimum Gasteiger partial charge on any atom is -0.365 e. The van der Waals surface area contributed by atoms with Crippen LogP contribution in [0.3, 0.4) is 0 Å². The molecule has 1 aromatic heterocycles. The highest BCUT2D eigenvalue weighted by atomic mass is 19.4. The molecule has 2 heterocycles. The molecule has 3 aromatic rings. The van der Waals surface area contributed by atoms with Crippen LogP contribution >= 0.6 is 0 Å². The van der Waals surface area contributed by atoms with Crippen molar-refractivity contribution in [2.75, 3.05) is 16.0 Å². The van der Waals surface area contributed by atoms with Gasteiger partial charge in [0.1, 0.15) is 11.4 Å². The van der Waals surface area contributed by atoms with Crippen LogP contribution in [0.5, 0.6) is 0 Å². The zero-order valence-corrected chi connectivity index (χ0v) is 17.3. The van der Waals surface area contributed by atoms with Gasteiger partial charge in [-0.25, -0.2) is 4.98 Å². The first-order valence-electron chi connectivity index (χ1n) is 10.0. The van der Waals surface area contributed by atoms with Gasteiger partial charge in [0.2, 0.25) is 11.9 Å². The summed E-state index contributed by atoms with van der Waals surface area (Å²) < 4.78 is 80.1. The maximum absolute atomic E-state index is 13.5. The summed E-state index contributed by atoms with van der Waals surface area (Å²) in [5.41, 5.74) is -0.532. The van der Waals surface area contributed by atoms with Crippen molar-refractivity contribution in [2.45, 2.75) is 31.7 Å². The summed E-state index contributed by atoms with van der Waals surface area (Å²) in [5.74, 6) is -1.03. The van der Waals surface area contributed by atoms with E-state index >= 15 is 0 Å². The highest BCUT2D eigenvalue weighted by Gasteiger charge is 2.36. The van der Waals surface area contributed by atoms with Gasteiger partial charge < -0.3 is 16.0 Å². The fraction of sp³-hybridized carbons (Fsp3) is 0.227. The van der Waals surface area contributed by atoms with Gasteiger partial charge in [-0.1, -0.05) is 24.3 Å². The van der Waals surface area contributed by atoms with Crippen molar-refractivity contribution in [1.29, 1.82) is 0 Å². The Morgan fingerprint density at radius 1 is 0.941 bits per heavy atom. The Labute approximate surface area is 189 Å². The minimum absolute atomic E-state index is 0.152. The predicted molar refractivity (Wildman–Crippen MR) is 112 cm³/mol. The number of benzene rings is 2. The SMILES string of the molecule is O=C1CCc2ccc(Nc3ncc(C(F)(F)F)c(NCc4ccccc4C(F)(F)F)n3)cc2N1. The lowest BCUT2D eigenvalue weighted by atomic mass is 10.0. The molecule has 0 saturated carbocycles. The van der Waals surface area contributed by atoms with Gasteiger partial charge in [-0.05, 0) is 35.7 Å². The van der Waals surface area contributed by atoms with Crippen LogP contribution in [0.25, 0.3) is 0 Å². The fourth-order valence-corrected chi connectivity index (χ4v) is 3.49. The summed E-state index contributed by atoms with van der Waals surface area (Å²) in [6, 6.07) is 9.59. The van der Waals surface area contributed by atoms with Crippen molar-refractivity contribution in [2.24, 2.45) is 0 Å². The van der Waals surface area contributed by atoms with E-state index in [9.17, 15) is 31.1 Å². The van der Waals surface area contributed by atoms with E-state index in [2.05, 4.69) is 25.9 Å². The molecular weight excluding hydrogens is 464 g/mol. The molecule has 0 bridgehead atoms. The number of halogens is 6. The normalized spacial score (nSPS) is 13.8. The largest absolute Gasteiger partial charge is 0.421 e. The molecular formula is C22H17F6N5O. The van der Waals surface area contributed by atoms with Gasteiger partial charge in [-0.2, -0.15) is 31.3 Å². The molecule has 1 amide bonds. The van der Waals surface area contributed by atoms with E-state index in [0.29, 0.717) is 30.4 Å². The second-order valence-electron chi connectivity index (χ2n) is 7.51. The first kappa shape index (κ1) is 23.3. The van der Waals surface area contributed by atoms with Gasteiger partial charge in [-0.15, -0.1) is 0 Å². The zero-order valence-electron chi connectivity index (χ0n) is 17.3. The maximum atomic E-state index is 13.5. The van der Waals surface area contributed by atoms with Crippen LogP contribution in [0.15, 0.2) is 48.7 Å². The number of anilines is 4. The molecule has 2 aromatic carbocycles. The average Bonchev–Trinajstić information content (AvgIpc) is 2.76. The number of fused-ring (bicyclic) bond motifs is 1. The minimum atomic E-state index is -4.83. The molecule has 0 radical (unpaired) electrons. The number of amides is 1. The quantitative estimate of drug-likeness (QED) is 0.404. The number of aromatic nitrogens is 2. The zero-order chi connectivity index (χ0) is 24.5. The van der Waals surface area contributed by atoms with Gasteiger partial charge in [0.25, 0.3) is 0 Å². The molecule has 4 rings (SSSR count). The summed E-state index contributed by atoms with van der Waals surface area (Å²) >= 11 is 0. The Bertz CT molecular complexity index is 1230. The van der Waals surface area contributed by atoms with Crippen LogP contribution in [-0.2, 0) is 30.1 Å². The van der Waals surface area contributed by atoms with Crippen molar-refractivity contribution >= 4 is 29.0 Å². The first-order chi connectivity index (χ1) is 16.0. The number of alkyl halides is 6. The van der Waals surface area contributed by atoms with Crippen molar-refractivity contribution in [1.82, 2.24) is 9.97 Å². The smallest absolute Gasteiger partial charge is 0.365 e. The molecule has 178 valence electrons. The average molecular weight is 481 g/mol. The summed E-state index contributed by atoms with van der Waals surface area (Å²) in [7, 11) is 0. The van der Waals surface area contributed by atoms with Gasteiger partial charge in [0.05, 0.1) is 5.56 Å². The number of carbonyl (C=O) groups is 1. The van der Waals surface area contributed by atoms with Crippen molar-refractivity contribution in [3.8, 4) is 0 Å². The van der Waals surface area contributed by atoms with Crippen LogP contribution in [0.4, 0.5) is 49.5 Å². The molecule has 1 aliphatic heterocycles. The number of nitrogens with one attached hydrogen (secondary N) is 3. The van der Waals surface area contributed by atoms with Gasteiger partial charge in [0, 0.05) is 30.5 Å². The molecule has 0 fully saturated rings. The molecule has 6 nitrogen and oxygen atoms in total. The third-order valence-corrected chi connectivity index (χ3v) is 5.12. The van der Waals surface area contributed by atoms with Gasteiger partial charge in [-0.3, -0.25) is 4.79 Å². The fourth-order valence-electron chi connectivity index (χ4n) is 3.49. The Morgan fingerprint density at radius 2 is 1.68 bits per heavy atom. The standard InChI is InChI=1S/C22H17F6N5O/c23-21(24,25)15-4-2-1-3-13(15)10-29-19-16(22(26,27)28)11-30-20(33-19)31-14-7-5-12-6-8-18(34)32-17(12)9-14/h1-5,7,9,11H,6,8,10H2,(H,32,34)(H2,29,30,31,33). The Balaban J connectivity index is 1.60. The lowest BCUT2D eigenvalue weighted by Gasteiger charge is -2.19. The predicted octanol–water partition coefficient (Wildman–Crippen LogP) is 5.75. The van der Waals surface area contributed by atoms with E-state index in [0.717, 1.165) is 11.6 Å². The van der Waals surface area contributed by atoms with Crippen LogP contribution in [0, 0.1) is 0 Å². The summed E-state index contributed by atoms with van der Waals surface area (Å²) in [6.07, 6.45) is -8.03. The van der Waals surface area contributed by atoms with Crippen LogP contribution in [0.2, 0.25) is 0 Å². The van der Waals surface area contributed by atoms with Crippen molar-refractivity contribution in [3.05, 3.63) is 70.9 Å². The van der Waals surface area contributed by atoms with Crippen LogP contribution in [0.1, 0.15) is 28.7 Å². The van der Waals surface area contributed by atoms with Crippen molar-refractivity contribution < 1.29 is 31.1 Å². The van der Waals surface area contributed by atoms with E-state index in [1.54, 1.807) is 18.2 Å². The Kier molecular flexibility index (Phi) is 6.07. The van der Waals surface area contributed by atoms with Crippen LogP contribution < -0.4 is 16.0 Å². The lowest BCUT2D eigenvalue weighted by molar-refractivity contribution is -0.139. The first-order valence-corrected chi connectivity index (χ1v) is 10.0. The van der Waals surface area contributed by atoms with E-state index in [1.807, 2.05) is 0 Å². The number of aryl methyl sites for hydroxylation is 1. The monoisotopic (exact) mass is 481 g/mol. The highest BCUT2D eigenvalue weighted by Crippen LogP contribution is 2.36. The Morgan fingerprint density at radius 3 is 2.41 bits per heavy atom. The van der Waals surface area contributed by atoms with E-state index in [4.69, 9.17) is 0 Å². The summed E-state index contributed by atoms with van der Waals surface area (Å²) in [6.45, 7) is -0.542. The second kappa shape index (κ2) is 8.84. The molecule has 0 spiro atoms. The molecule has 0 atom stereocenters. The van der Waals surface area contributed by atoms with E-state index < -0.39 is 35.8 Å². The number of rotatable bonds is 5. The van der Waals surface area contributed by atoms with E-state index in [1.165, 1.54) is 18.2 Å². The highest BCUT2D eigenvalue weighted by molar-refractivity contribution is 5.94. The topological polar surface area (TPSA) is 78.9 Å². The summed E-state index contributed by atoms with van der Waals surface area (Å²) in [4.78, 5) is 19.1. The number of hydrogen-bond donors (Lipinski definition) is 3. The van der Waals surface area contributed by atoms with Crippen LogP contribution in [-0.4, -0.2) is 15.9 Å². The third kappa shape index (κ3) is 5.21. The molecule has 0 saturated heterocycles. The molecule has 34 heavy (non-hydrogen) atoms. The molecule has 0 aliphatic carbocycles. The van der Waals surface area contributed by atoms with Gasteiger partial charge >= 0.3 is 12.4 Å². The molecule has 3 N–H and O–H groups in total. The maximum Gasteiger partial charge on any atom is 0.421 e. The molecule has 12 heteroatoms. The number of carbonyl (C=O) groups excluding carboxylic acids is 1. The van der Waals surface area contributed by atoms with Gasteiger partial charge in [0.15, 0.2) is 0 Å². The number of hydrogen-bond acceptors (Lipinski definition) is 5.